The standard InChI is InChI=1S/C13H13BrNS.BrH/c1-15-8-3-2-7-13(15)16-10-11-5-4-6-12(14)9-11;/h2-9H,10H2,1H3;1H/q+1;/p-1. The SMILES string of the molecule is C[n+]1ccccc1SCc1cccc(Br)c1.[Br-]. The van der Waals surface area contributed by atoms with Crippen LogP contribution in [-0.2, 0) is 12.8 Å². The molecule has 0 fully saturated rings. The van der Waals surface area contributed by atoms with Crippen LogP contribution in [0.15, 0.2) is 58.2 Å². The third kappa shape index (κ3) is 4.45. The van der Waals surface area contributed by atoms with Crippen LogP contribution in [0.2, 0.25) is 0 Å². The summed E-state index contributed by atoms with van der Waals surface area (Å²) >= 11 is 5.34. The molecule has 0 saturated carbocycles. The molecule has 2 aromatic rings. The van der Waals surface area contributed by atoms with Gasteiger partial charge >= 0.3 is 0 Å². The molecule has 4 heteroatoms. The topological polar surface area (TPSA) is 3.88 Å². The molecule has 17 heavy (non-hydrogen) atoms. The number of nitrogens with zero attached hydrogens (tertiary/aromatic N) is 1. The highest BCUT2D eigenvalue weighted by Crippen LogP contribution is 2.21. The predicted octanol–water partition coefficient (Wildman–Crippen LogP) is 0.570. The highest BCUT2D eigenvalue weighted by molar-refractivity contribution is 9.10. The number of hydrogen-bond acceptors (Lipinski definition) is 1. The minimum Gasteiger partial charge on any atom is -1.00 e. The molecule has 90 valence electrons. The quantitative estimate of drug-likeness (QED) is 0.561. The summed E-state index contributed by atoms with van der Waals surface area (Å²) in [6, 6.07) is 14.7. The average molecular weight is 375 g/mol. The summed E-state index contributed by atoms with van der Waals surface area (Å²) in [4.78, 5) is 0. The van der Waals surface area contributed by atoms with Gasteiger partial charge in [0.1, 0.15) is 7.05 Å². The lowest BCUT2D eigenvalue weighted by molar-refractivity contribution is -0.708. The van der Waals surface area contributed by atoms with E-state index in [0.29, 0.717) is 0 Å². The minimum absolute atomic E-state index is 0. The van der Waals surface area contributed by atoms with Crippen LogP contribution in [0.4, 0.5) is 0 Å². The van der Waals surface area contributed by atoms with Crippen LogP contribution in [0.25, 0.3) is 0 Å². The van der Waals surface area contributed by atoms with Crippen LogP contribution in [0, 0.1) is 0 Å². The molecule has 1 heterocycles. The Kier molecular flexibility index (Phi) is 6.23. The fourth-order valence-electron chi connectivity index (χ4n) is 1.44. The number of rotatable bonds is 3. The Balaban J connectivity index is 0.00000144. The van der Waals surface area contributed by atoms with E-state index in [1.807, 2.05) is 17.8 Å². The van der Waals surface area contributed by atoms with Crippen LogP contribution in [0.3, 0.4) is 0 Å². The number of aromatic nitrogens is 1. The fourth-order valence-corrected chi connectivity index (χ4v) is 2.82. The van der Waals surface area contributed by atoms with Crippen molar-refractivity contribution in [2.24, 2.45) is 7.05 Å². The maximum Gasteiger partial charge on any atom is 0.240 e. The van der Waals surface area contributed by atoms with E-state index in [9.17, 15) is 0 Å². The van der Waals surface area contributed by atoms with Gasteiger partial charge < -0.3 is 17.0 Å². The molecule has 0 N–H and O–H groups in total. The predicted molar refractivity (Wildman–Crippen MR) is 71.3 cm³/mol. The van der Waals surface area contributed by atoms with Gasteiger partial charge in [0.15, 0.2) is 6.20 Å². The van der Waals surface area contributed by atoms with Crippen LogP contribution in [-0.4, -0.2) is 0 Å². The summed E-state index contributed by atoms with van der Waals surface area (Å²) in [6.45, 7) is 0. The van der Waals surface area contributed by atoms with Gasteiger partial charge in [0.25, 0.3) is 0 Å². The molecule has 0 aliphatic carbocycles. The Hall–Kier alpha value is -0.320. The van der Waals surface area contributed by atoms with Gasteiger partial charge in [-0.2, -0.15) is 4.57 Å². The third-order valence-electron chi connectivity index (χ3n) is 2.28. The van der Waals surface area contributed by atoms with E-state index in [1.165, 1.54) is 10.6 Å². The molecule has 0 aliphatic heterocycles. The van der Waals surface area contributed by atoms with Crippen molar-refractivity contribution in [2.75, 3.05) is 0 Å². The van der Waals surface area contributed by atoms with Crippen molar-refractivity contribution in [2.45, 2.75) is 10.8 Å². The maximum atomic E-state index is 3.49. The average Bonchev–Trinajstić information content (AvgIpc) is 2.28. The highest BCUT2D eigenvalue weighted by Gasteiger charge is 2.05. The summed E-state index contributed by atoms with van der Waals surface area (Å²) in [6.07, 6.45) is 2.07. The van der Waals surface area contributed by atoms with E-state index in [-0.39, 0.29) is 17.0 Å². The molecule has 0 amide bonds. The first-order chi connectivity index (χ1) is 7.75. The molecule has 0 aliphatic rings. The first-order valence-electron chi connectivity index (χ1n) is 5.07. The second kappa shape index (κ2) is 7.19. The van der Waals surface area contributed by atoms with Gasteiger partial charge in [-0.25, -0.2) is 0 Å². The molecular weight excluding hydrogens is 362 g/mol. The van der Waals surface area contributed by atoms with E-state index in [4.69, 9.17) is 0 Å². The maximum absolute atomic E-state index is 3.49. The van der Waals surface area contributed by atoms with Crippen molar-refractivity contribution in [3.63, 3.8) is 0 Å². The first-order valence-corrected chi connectivity index (χ1v) is 6.85. The number of halogens is 2. The van der Waals surface area contributed by atoms with Gasteiger partial charge in [0.05, 0.1) is 0 Å². The van der Waals surface area contributed by atoms with E-state index >= 15 is 0 Å². The molecule has 1 nitrogen and oxygen atoms in total. The molecule has 0 spiro atoms. The Bertz CT molecular complexity index is 488. The Morgan fingerprint density at radius 1 is 1.18 bits per heavy atom. The smallest absolute Gasteiger partial charge is 0.240 e. The zero-order valence-corrected chi connectivity index (χ0v) is 13.4. The van der Waals surface area contributed by atoms with Gasteiger partial charge in [-0.3, -0.25) is 0 Å². The van der Waals surface area contributed by atoms with Crippen molar-refractivity contribution in [1.82, 2.24) is 0 Å². The summed E-state index contributed by atoms with van der Waals surface area (Å²) in [5.41, 5.74) is 1.34. The van der Waals surface area contributed by atoms with Crippen molar-refractivity contribution >= 4 is 27.7 Å². The van der Waals surface area contributed by atoms with Crippen molar-refractivity contribution < 1.29 is 21.5 Å². The molecule has 2 rings (SSSR count). The summed E-state index contributed by atoms with van der Waals surface area (Å²) < 4.78 is 3.28. The second-order valence-electron chi connectivity index (χ2n) is 3.57. The number of benzene rings is 1. The molecule has 0 atom stereocenters. The van der Waals surface area contributed by atoms with Crippen molar-refractivity contribution in [3.8, 4) is 0 Å². The molecule has 0 unspecified atom stereocenters. The molecule has 0 saturated heterocycles. The molecule has 0 radical (unpaired) electrons. The monoisotopic (exact) mass is 373 g/mol. The number of thioether (sulfide) groups is 1. The summed E-state index contributed by atoms with van der Waals surface area (Å²) in [5, 5.41) is 1.28. The van der Waals surface area contributed by atoms with Gasteiger partial charge in [0, 0.05) is 22.4 Å². The lowest BCUT2D eigenvalue weighted by Gasteiger charge is -2.01. The zero-order chi connectivity index (χ0) is 11.4. The van der Waals surface area contributed by atoms with Gasteiger partial charge in [0.2, 0.25) is 5.03 Å². The largest absolute Gasteiger partial charge is 1.00 e. The number of aryl methyl sites for hydroxylation is 1. The van der Waals surface area contributed by atoms with Crippen LogP contribution in [0.5, 0.6) is 0 Å². The van der Waals surface area contributed by atoms with Crippen molar-refractivity contribution in [3.05, 3.63) is 58.7 Å². The third-order valence-corrected chi connectivity index (χ3v) is 3.97. The molecule has 0 bridgehead atoms. The van der Waals surface area contributed by atoms with Crippen molar-refractivity contribution in [1.29, 1.82) is 0 Å². The Morgan fingerprint density at radius 2 is 2.00 bits per heavy atom. The Morgan fingerprint density at radius 3 is 2.71 bits per heavy atom. The van der Waals surface area contributed by atoms with E-state index in [2.05, 4.69) is 70.1 Å². The van der Waals surface area contributed by atoms with E-state index in [1.54, 1.807) is 0 Å². The summed E-state index contributed by atoms with van der Waals surface area (Å²) in [7, 11) is 2.07. The lowest BCUT2D eigenvalue weighted by Crippen LogP contribution is -3.00. The molecule has 1 aromatic heterocycles. The van der Waals surface area contributed by atoms with E-state index in [0.717, 1.165) is 10.2 Å². The normalized spacial score (nSPS) is 9.76. The van der Waals surface area contributed by atoms with Crippen LogP contribution < -0.4 is 21.5 Å². The first kappa shape index (κ1) is 14.7. The molecular formula is C13H13Br2NS. The fraction of sp³-hybridized carbons (Fsp3) is 0.154. The van der Waals surface area contributed by atoms with Gasteiger partial charge in [-0.15, -0.1) is 0 Å². The zero-order valence-electron chi connectivity index (χ0n) is 9.44. The van der Waals surface area contributed by atoms with Crippen LogP contribution >= 0.6 is 27.7 Å². The van der Waals surface area contributed by atoms with Gasteiger partial charge in [-0.05, 0) is 23.8 Å². The van der Waals surface area contributed by atoms with E-state index < -0.39 is 0 Å². The Labute approximate surface area is 125 Å². The second-order valence-corrected chi connectivity index (χ2v) is 5.48. The lowest BCUT2D eigenvalue weighted by atomic mass is 10.2. The molecule has 1 aromatic carbocycles. The number of pyridine rings is 1. The minimum atomic E-state index is 0. The van der Waals surface area contributed by atoms with Gasteiger partial charge in [-0.1, -0.05) is 39.8 Å². The highest BCUT2D eigenvalue weighted by atomic mass is 79.9. The van der Waals surface area contributed by atoms with Crippen LogP contribution in [0.1, 0.15) is 5.56 Å². The summed E-state index contributed by atoms with van der Waals surface area (Å²) in [5.74, 6) is 0.997. The number of hydrogen-bond donors (Lipinski definition) is 0.